The van der Waals surface area contributed by atoms with Gasteiger partial charge in [0, 0.05) is 12.1 Å². The molecule has 0 bridgehead atoms. The Labute approximate surface area is 119 Å². The summed E-state index contributed by atoms with van der Waals surface area (Å²) in [6.07, 6.45) is 0. The molecule has 0 spiro atoms. The molecule has 0 atom stereocenters. The fourth-order valence-corrected chi connectivity index (χ4v) is 3.36. The van der Waals surface area contributed by atoms with Crippen molar-refractivity contribution in [3.8, 4) is 11.5 Å². The molecule has 4 heterocycles. The van der Waals surface area contributed by atoms with Gasteiger partial charge in [0.25, 0.3) is 0 Å². The van der Waals surface area contributed by atoms with Crippen molar-refractivity contribution in [1.82, 2.24) is 25.5 Å². The molecule has 7 heteroatoms. The summed E-state index contributed by atoms with van der Waals surface area (Å²) in [5.74, 6) is 1.10. The summed E-state index contributed by atoms with van der Waals surface area (Å²) in [5.41, 5.74) is 9.80. The topological polar surface area (TPSA) is 92.5 Å². The normalized spacial score (nSPS) is 16.7. The lowest BCUT2D eigenvalue weighted by Crippen LogP contribution is -2.29. The third-order valence-electron chi connectivity index (χ3n) is 3.74. The lowest BCUT2D eigenvalue weighted by Gasteiger charge is -2.17. The zero-order valence-electron chi connectivity index (χ0n) is 11.2. The molecular weight excluding hydrogens is 272 g/mol. The fraction of sp³-hybridized carbons (Fsp3) is 0.308. The summed E-state index contributed by atoms with van der Waals surface area (Å²) in [5, 5.41) is 12.9. The first-order valence-electron chi connectivity index (χ1n) is 6.40. The summed E-state index contributed by atoms with van der Waals surface area (Å²) in [7, 11) is 0. The lowest BCUT2D eigenvalue weighted by molar-refractivity contribution is 0.429. The SMILES string of the molecule is CC1(C)NCc2c(-c3nc(N)c4sccc4n3)n[nH]c21. The average Bonchev–Trinajstić information content (AvgIpc) is 3.07. The minimum Gasteiger partial charge on any atom is -0.382 e. The van der Waals surface area contributed by atoms with Crippen molar-refractivity contribution in [2.75, 3.05) is 5.73 Å². The third kappa shape index (κ3) is 1.50. The Morgan fingerprint density at radius 3 is 3.05 bits per heavy atom. The number of nitrogens with zero attached hydrogens (tertiary/aromatic N) is 3. The van der Waals surface area contributed by atoms with Gasteiger partial charge >= 0.3 is 0 Å². The standard InChI is InChI=1S/C13H14N6S/c1-13(2)10-6(5-15-13)8(18-19-10)12-16-7-3-4-20-9(7)11(14)17-12/h3-4,15H,5H2,1-2H3,(H,18,19)(H2,14,16,17). The molecule has 0 radical (unpaired) electrons. The number of nitrogens with one attached hydrogen (secondary N) is 2. The Kier molecular flexibility index (Phi) is 2.22. The Balaban J connectivity index is 1.92. The Bertz CT molecular complexity index is 815. The van der Waals surface area contributed by atoms with Crippen LogP contribution >= 0.6 is 11.3 Å². The van der Waals surface area contributed by atoms with Gasteiger partial charge < -0.3 is 11.1 Å². The van der Waals surface area contributed by atoms with Crippen molar-refractivity contribution in [1.29, 1.82) is 0 Å². The maximum absolute atomic E-state index is 6.01. The van der Waals surface area contributed by atoms with Crippen LogP contribution in [0.5, 0.6) is 0 Å². The molecule has 4 rings (SSSR count). The van der Waals surface area contributed by atoms with E-state index >= 15 is 0 Å². The highest BCUT2D eigenvalue weighted by Crippen LogP contribution is 2.35. The second kappa shape index (κ2) is 3.77. The fourth-order valence-electron chi connectivity index (χ4n) is 2.63. The van der Waals surface area contributed by atoms with E-state index in [-0.39, 0.29) is 5.54 Å². The Morgan fingerprint density at radius 2 is 2.20 bits per heavy atom. The van der Waals surface area contributed by atoms with Crippen LogP contribution in [-0.2, 0) is 12.1 Å². The lowest BCUT2D eigenvalue weighted by atomic mass is 10.0. The van der Waals surface area contributed by atoms with Crippen molar-refractivity contribution in [3.05, 3.63) is 22.7 Å². The molecule has 0 saturated heterocycles. The predicted molar refractivity (Wildman–Crippen MR) is 79.3 cm³/mol. The molecule has 3 aromatic rings. The molecule has 1 aliphatic rings. The second-order valence-corrected chi connectivity index (χ2v) is 6.39. The first-order chi connectivity index (χ1) is 9.56. The zero-order chi connectivity index (χ0) is 13.9. The first kappa shape index (κ1) is 11.8. The van der Waals surface area contributed by atoms with Gasteiger partial charge in [-0.2, -0.15) is 5.10 Å². The number of hydrogen-bond donors (Lipinski definition) is 3. The van der Waals surface area contributed by atoms with E-state index in [1.165, 1.54) is 0 Å². The van der Waals surface area contributed by atoms with E-state index in [0.29, 0.717) is 11.6 Å². The van der Waals surface area contributed by atoms with Gasteiger partial charge in [-0.05, 0) is 25.3 Å². The van der Waals surface area contributed by atoms with Gasteiger partial charge in [-0.3, -0.25) is 5.10 Å². The molecule has 3 aromatic heterocycles. The highest BCUT2D eigenvalue weighted by Gasteiger charge is 2.34. The Hall–Kier alpha value is -1.99. The van der Waals surface area contributed by atoms with Gasteiger partial charge in [0.1, 0.15) is 11.5 Å². The molecule has 0 aromatic carbocycles. The van der Waals surface area contributed by atoms with Crippen LogP contribution in [0.3, 0.4) is 0 Å². The number of H-pyrrole nitrogens is 1. The highest BCUT2D eigenvalue weighted by atomic mass is 32.1. The molecule has 102 valence electrons. The summed E-state index contributed by atoms with van der Waals surface area (Å²) in [6.45, 7) is 5.01. The Morgan fingerprint density at radius 1 is 1.35 bits per heavy atom. The van der Waals surface area contributed by atoms with Crippen molar-refractivity contribution in [2.45, 2.75) is 25.9 Å². The molecular formula is C13H14N6S. The molecule has 0 amide bonds. The van der Waals surface area contributed by atoms with Gasteiger partial charge in [-0.1, -0.05) is 0 Å². The van der Waals surface area contributed by atoms with E-state index in [0.717, 1.165) is 33.7 Å². The van der Waals surface area contributed by atoms with E-state index in [2.05, 4.69) is 39.3 Å². The van der Waals surface area contributed by atoms with Gasteiger partial charge in [0.15, 0.2) is 5.82 Å². The quantitative estimate of drug-likeness (QED) is 0.636. The van der Waals surface area contributed by atoms with Gasteiger partial charge in [0.05, 0.1) is 21.4 Å². The van der Waals surface area contributed by atoms with Crippen LogP contribution in [0, 0.1) is 0 Å². The molecule has 20 heavy (non-hydrogen) atoms. The minimum absolute atomic E-state index is 0.0986. The number of anilines is 1. The maximum atomic E-state index is 6.01. The predicted octanol–water partition coefficient (Wildman–Crippen LogP) is 2.00. The summed E-state index contributed by atoms with van der Waals surface area (Å²) in [4.78, 5) is 8.98. The molecule has 6 nitrogen and oxygen atoms in total. The summed E-state index contributed by atoms with van der Waals surface area (Å²) >= 11 is 1.55. The van der Waals surface area contributed by atoms with Crippen molar-refractivity contribution >= 4 is 27.4 Å². The number of aromatic nitrogens is 4. The molecule has 4 N–H and O–H groups in total. The average molecular weight is 286 g/mol. The summed E-state index contributed by atoms with van der Waals surface area (Å²) < 4.78 is 0.930. The molecule has 1 aliphatic heterocycles. The summed E-state index contributed by atoms with van der Waals surface area (Å²) in [6, 6.07) is 1.95. The van der Waals surface area contributed by atoms with Gasteiger partial charge in [0.2, 0.25) is 0 Å². The van der Waals surface area contributed by atoms with Crippen LogP contribution in [0.1, 0.15) is 25.1 Å². The van der Waals surface area contributed by atoms with Crippen molar-refractivity contribution in [2.24, 2.45) is 0 Å². The minimum atomic E-state index is -0.0986. The number of nitrogens with two attached hydrogens (primary N) is 1. The second-order valence-electron chi connectivity index (χ2n) is 5.47. The number of fused-ring (bicyclic) bond motifs is 2. The van der Waals surface area contributed by atoms with Crippen LogP contribution in [0.15, 0.2) is 11.4 Å². The van der Waals surface area contributed by atoms with E-state index in [4.69, 9.17) is 5.73 Å². The van der Waals surface area contributed by atoms with Crippen LogP contribution in [0.2, 0.25) is 0 Å². The van der Waals surface area contributed by atoms with Crippen LogP contribution in [-0.4, -0.2) is 20.2 Å². The molecule has 0 saturated carbocycles. The van der Waals surface area contributed by atoms with Gasteiger partial charge in [-0.15, -0.1) is 11.3 Å². The number of aromatic amines is 1. The molecule has 0 unspecified atom stereocenters. The van der Waals surface area contributed by atoms with E-state index in [1.54, 1.807) is 11.3 Å². The largest absolute Gasteiger partial charge is 0.382 e. The monoisotopic (exact) mass is 286 g/mol. The smallest absolute Gasteiger partial charge is 0.183 e. The highest BCUT2D eigenvalue weighted by molar-refractivity contribution is 7.17. The van der Waals surface area contributed by atoms with Crippen LogP contribution < -0.4 is 11.1 Å². The maximum Gasteiger partial charge on any atom is 0.183 e. The third-order valence-corrected chi connectivity index (χ3v) is 4.67. The van der Waals surface area contributed by atoms with Crippen molar-refractivity contribution in [3.63, 3.8) is 0 Å². The zero-order valence-corrected chi connectivity index (χ0v) is 12.0. The number of thiophene rings is 1. The first-order valence-corrected chi connectivity index (χ1v) is 7.28. The number of nitrogen functional groups attached to an aromatic ring is 1. The van der Waals surface area contributed by atoms with E-state index in [9.17, 15) is 0 Å². The molecule has 0 aliphatic carbocycles. The molecule has 0 fully saturated rings. The van der Waals surface area contributed by atoms with Crippen molar-refractivity contribution < 1.29 is 0 Å². The number of rotatable bonds is 1. The number of hydrogen-bond acceptors (Lipinski definition) is 6. The van der Waals surface area contributed by atoms with Crippen LogP contribution in [0.4, 0.5) is 5.82 Å². The van der Waals surface area contributed by atoms with Gasteiger partial charge in [-0.25, -0.2) is 9.97 Å². The van der Waals surface area contributed by atoms with E-state index in [1.807, 2.05) is 11.4 Å². The van der Waals surface area contributed by atoms with Crippen LogP contribution in [0.25, 0.3) is 21.7 Å². The van der Waals surface area contributed by atoms with E-state index < -0.39 is 0 Å².